The molecule has 0 aromatic heterocycles. The van der Waals surface area contributed by atoms with Crippen LogP contribution in [0.5, 0.6) is 5.75 Å². The Kier molecular flexibility index (Phi) is 11.4. The fraction of sp³-hybridized carbons (Fsp3) is 0.205. The minimum atomic E-state index is -2.34. The zero-order valence-electron chi connectivity index (χ0n) is 27.2. The van der Waals surface area contributed by atoms with Gasteiger partial charge in [-0.05, 0) is 52.1 Å². The van der Waals surface area contributed by atoms with Crippen LogP contribution in [0.15, 0.2) is 102 Å². The van der Waals surface area contributed by atoms with Gasteiger partial charge in [-0.25, -0.2) is 22.0 Å². The molecule has 0 aliphatic carbocycles. The average Bonchev–Trinajstić information content (AvgIpc) is 3.18. The predicted octanol–water partition coefficient (Wildman–Crippen LogP) is 8.82. The van der Waals surface area contributed by atoms with Crippen molar-refractivity contribution in [3.8, 4) is 16.9 Å². The number of methoxy groups -OCH3 is 1. The van der Waals surface area contributed by atoms with E-state index in [0.29, 0.717) is 17.7 Å². The van der Waals surface area contributed by atoms with E-state index in [2.05, 4.69) is 5.32 Å². The van der Waals surface area contributed by atoms with Crippen LogP contribution in [0.4, 0.5) is 22.0 Å². The van der Waals surface area contributed by atoms with Crippen molar-refractivity contribution >= 4 is 17.7 Å². The van der Waals surface area contributed by atoms with Crippen LogP contribution in [0.25, 0.3) is 11.1 Å². The first-order chi connectivity index (χ1) is 24.7. The molecule has 3 atom stereocenters. The van der Waals surface area contributed by atoms with Gasteiger partial charge in [0.1, 0.15) is 11.3 Å². The number of carbonyl (C=O) groups excluding carboxylic acids is 1. The Morgan fingerprint density at radius 2 is 1.45 bits per heavy atom. The minimum Gasteiger partial charge on any atom is -0.496 e. The first kappa shape index (κ1) is 36.1. The largest absolute Gasteiger partial charge is 0.496 e. The Labute approximate surface area is 295 Å². The molecule has 0 saturated carbocycles. The smallest absolute Gasteiger partial charge is 0.257 e. The summed E-state index contributed by atoms with van der Waals surface area (Å²) in [7, 11) is 1.63. The third kappa shape index (κ3) is 8.10. The number of amides is 1. The van der Waals surface area contributed by atoms with Gasteiger partial charge in [-0.15, -0.1) is 11.8 Å². The summed E-state index contributed by atoms with van der Waals surface area (Å²) in [5.74, 6) is -11.2. The molecule has 1 aliphatic rings. The van der Waals surface area contributed by atoms with Crippen LogP contribution in [-0.2, 0) is 22.6 Å². The molecule has 5 aromatic rings. The van der Waals surface area contributed by atoms with Crippen LogP contribution in [0.2, 0.25) is 0 Å². The molecule has 1 saturated heterocycles. The Balaban J connectivity index is 1.21. The number of ether oxygens (including phenoxy) is 3. The summed E-state index contributed by atoms with van der Waals surface area (Å²) in [4.78, 5) is 13.5. The third-order valence-corrected chi connectivity index (χ3v) is 9.60. The molecule has 6 rings (SSSR count). The van der Waals surface area contributed by atoms with E-state index in [0.717, 1.165) is 38.5 Å². The van der Waals surface area contributed by atoms with E-state index in [4.69, 9.17) is 14.2 Å². The van der Waals surface area contributed by atoms with Gasteiger partial charge < -0.3 is 24.6 Å². The molecule has 0 unspecified atom stereocenters. The lowest BCUT2D eigenvalue weighted by atomic mass is 9.99. The Bertz CT molecular complexity index is 2000. The summed E-state index contributed by atoms with van der Waals surface area (Å²) in [6.07, 6.45) is -0.633. The van der Waals surface area contributed by atoms with Gasteiger partial charge in [0.05, 0.1) is 25.9 Å². The number of aliphatic hydroxyl groups is 1. The molecule has 0 radical (unpaired) electrons. The summed E-state index contributed by atoms with van der Waals surface area (Å²) in [5.41, 5.74) is 2.96. The van der Waals surface area contributed by atoms with Crippen molar-refractivity contribution in [3.05, 3.63) is 154 Å². The van der Waals surface area contributed by atoms with E-state index < -0.39 is 46.8 Å². The van der Waals surface area contributed by atoms with E-state index in [-0.39, 0.29) is 25.4 Å². The minimum absolute atomic E-state index is 0.0681. The Morgan fingerprint density at radius 3 is 2.16 bits per heavy atom. The fourth-order valence-electron chi connectivity index (χ4n) is 5.74. The monoisotopic (exact) mass is 721 g/mol. The summed E-state index contributed by atoms with van der Waals surface area (Å²) >= 11 is 1.62. The summed E-state index contributed by atoms with van der Waals surface area (Å²) in [6.45, 7) is -0.315. The number of aliphatic hydroxyl groups excluding tert-OH is 1. The van der Waals surface area contributed by atoms with Crippen molar-refractivity contribution in [1.82, 2.24) is 5.32 Å². The molecule has 1 heterocycles. The number of halogens is 5. The van der Waals surface area contributed by atoms with E-state index in [1.54, 1.807) is 37.1 Å². The van der Waals surface area contributed by atoms with Crippen molar-refractivity contribution in [2.45, 2.75) is 43.0 Å². The number of para-hydroxylation sites is 1. The lowest BCUT2D eigenvalue weighted by Gasteiger charge is -2.36. The number of carbonyl (C=O) groups is 1. The number of thioether (sulfide) groups is 1. The third-order valence-electron chi connectivity index (χ3n) is 8.42. The van der Waals surface area contributed by atoms with Gasteiger partial charge in [-0.3, -0.25) is 4.79 Å². The maximum Gasteiger partial charge on any atom is 0.257 e. The van der Waals surface area contributed by atoms with Gasteiger partial charge in [-0.1, -0.05) is 72.8 Å². The van der Waals surface area contributed by atoms with Gasteiger partial charge in [0.2, 0.25) is 5.82 Å². The van der Waals surface area contributed by atoms with Gasteiger partial charge in [0.15, 0.2) is 29.6 Å². The first-order valence-corrected chi connectivity index (χ1v) is 16.9. The molecule has 0 spiro atoms. The molecule has 1 aliphatic heterocycles. The maximum atomic E-state index is 14.2. The predicted molar refractivity (Wildman–Crippen MR) is 181 cm³/mol. The van der Waals surface area contributed by atoms with Crippen LogP contribution >= 0.6 is 11.8 Å². The van der Waals surface area contributed by atoms with E-state index in [9.17, 15) is 31.9 Å². The molecule has 51 heavy (non-hydrogen) atoms. The second-order valence-electron chi connectivity index (χ2n) is 11.8. The molecule has 6 nitrogen and oxygen atoms in total. The highest BCUT2D eigenvalue weighted by Crippen LogP contribution is 2.41. The van der Waals surface area contributed by atoms with E-state index in [1.807, 2.05) is 78.9 Å². The van der Waals surface area contributed by atoms with Gasteiger partial charge in [0.25, 0.3) is 5.91 Å². The summed E-state index contributed by atoms with van der Waals surface area (Å²) in [6, 6.07) is 29.8. The highest BCUT2D eigenvalue weighted by molar-refractivity contribution is 7.99. The Morgan fingerprint density at radius 1 is 0.784 bits per heavy atom. The second-order valence-corrected chi connectivity index (χ2v) is 12.8. The maximum absolute atomic E-state index is 14.2. The topological polar surface area (TPSA) is 77.0 Å². The number of hydrogen-bond donors (Lipinski definition) is 2. The van der Waals surface area contributed by atoms with Gasteiger partial charge in [-0.2, -0.15) is 0 Å². The van der Waals surface area contributed by atoms with Crippen molar-refractivity contribution in [2.24, 2.45) is 0 Å². The Hall–Kier alpha value is -4.75. The standard InChI is InChI=1S/C39H32F5NO5S/c1-48-29-10-2-3-11-31(29)51-21-28-18-30(24-14-12-22(20-46)13-15-24)50-39(49-28)27-9-5-8-26(17-27)25-7-4-6-23(16-25)19-45-38(47)32-33(40)35(42)37(44)36(43)34(32)41/h2-17,28,30,39,46H,18-21H2,1H3,(H,45,47)/t28-,30+,39+/m0/s1. The number of benzene rings is 5. The first-order valence-electron chi connectivity index (χ1n) is 15.9. The van der Waals surface area contributed by atoms with Crippen molar-refractivity contribution in [1.29, 1.82) is 0 Å². The van der Waals surface area contributed by atoms with Crippen LogP contribution in [0.1, 0.15) is 51.4 Å². The average molecular weight is 722 g/mol. The highest BCUT2D eigenvalue weighted by Gasteiger charge is 2.33. The zero-order valence-corrected chi connectivity index (χ0v) is 28.0. The summed E-state index contributed by atoms with van der Waals surface area (Å²) < 4.78 is 87.6. The molecule has 12 heteroatoms. The normalized spacial score (nSPS) is 17.3. The van der Waals surface area contributed by atoms with Crippen molar-refractivity contribution in [3.63, 3.8) is 0 Å². The van der Waals surface area contributed by atoms with Gasteiger partial charge in [0, 0.05) is 29.2 Å². The SMILES string of the molecule is COc1ccccc1SC[C@@H]1C[C@H](c2ccc(CO)cc2)O[C@H](c2cccc(-c3cccc(CNC(=O)c4c(F)c(F)c(F)c(F)c4F)c3)c2)O1. The van der Waals surface area contributed by atoms with Crippen LogP contribution in [0, 0.1) is 29.1 Å². The molecular formula is C39H32F5NO5S. The lowest BCUT2D eigenvalue weighted by Crippen LogP contribution is -2.31. The van der Waals surface area contributed by atoms with E-state index >= 15 is 0 Å². The molecule has 5 aromatic carbocycles. The number of hydrogen-bond acceptors (Lipinski definition) is 6. The number of nitrogens with one attached hydrogen (secondary N) is 1. The van der Waals surface area contributed by atoms with Crippen LogP contribution in [-0.4, -0.2) is 30.0 Å². The molecule has 2 N–H and O–H groups in total. The molecule has 1 fully saturated rings. The van der Waals surface area contributed by atoms with Gasteiger partial charge >= 0.3 is 0 Å². The van der Waals surface area contributed by atoms with Crippen LogP contribution in [0.3, 0.4) is 0 Å². The highest BCUT2D eigenvalue weighted by atomic mass is 32.2. The lowest BCUT2D eigenvalue weighted by molar-refractivity contribution is -0.245. The fourth-order valence-corrected chi connectivity index (χ4v) is 6.79. The van der Waals surface area contributed by atoms with Crippen molar-refractivity contribution in [2.75, 3.05) is 12.9 Å². The van der Waals surface area contributed by atoms with E-state index in [1.165, 1.54) is 0 Å². The summed E-state index contributed by atoms with van der Waals surface area (Å²) in [5, 5.41) is 11.8. The molecular weight excluding hydrogens is 689 g/mol. The molecule has 0 bridgehead atoms. The zero-order chi connectivity index (χ0) is 36.1. The van der Waals surface area contributed by atoms with Crippen molar-refractivity contribution < 1.29 is 46.1 Å². The second kappa shape index (κ2) is 16.1. The quantitative estimate of drug-likeness (QED) is 0.0615. The number of rotatable bonds is 11. The molecule has 264 valence electrons. The molecule has 1 amide bonds. The van der Waals surface area contributed by atoms with Crippen LogP contribution < -0.4 is 10.1 Å².